The Balaban J connectivity index is 1.60. The quantitative estimate of drug-likeness (QED) is 0.703. The number of nitrogens with one attached hydrogen (secondary N) is 1. The Morgan fingerprint density at radius 3 is 2.28 bits per heavy atom. The number of nitrogens with zero attached hydrogens (tertiary/aromatic N) is 3. The van der Waals surface area contributed by atoms with E-state index in [-0.39, 0.29) is 55.1 Å². The third-order valence-electron chi connectivity index (χ3n) is 5.21. The smallest absolute Gasteiger partial charge is 0.329 e. The lowest BCUT2D eigenvalue weighted by Crippen LogP contribution is -2.51. The molecule has 1 aromatic carbocycles. The van der Waals surface area contributed by atoms with Gasteiger partial charge in [-0.25, -0.2) is 13.2 Å². The molecule has 0 bridgehead atoms. The minimum absolute atomic E-state index is 0.0518. The lowest BCUT2D eigenvalue weighted by atomic mass is 10.2. The number of para-hydroxylation sites is 2. The Labute approximate surface area is 169 Å². The van der Waals surface area contributed by atoms with Crippen molar-refractivity contribution < 1.29 is 18.0 Å². The first-order chi connectivity index (χ1) is 13.7. The van der Waals surface area contributed by atoms with Gasteiger partial charge in [-0.05, 0) is 26.0 Å². The van der Waals surface area contributed by atoms with E-state index in [2.05, 4.69) is 5.32 Å². The summed E-state index contributed by atoms with van der Waals surface area (Å²) in [7, 11) is -3.08. The summed E-state index contributed by atoms with van der Waals surface area (Å²) in [6, 6.07) is 6.67. The number of hydrogen-bond acceptors (Lipinski definition) is 5. The summed E-state index contributed by atoms with van der Waals surface area (Å²) < 4.78 is 26.2. The summed E-state index contributed by atoms with van der Waals surface area (Å²) in [4.78, 5) is 38.9. The first-order valence-electron chi connectivity index (χ1n) is 9.70. The molecule has 1 atom stereocenters. The van der Waals surface area contributed by atoms with E-state index in [0.717, 1.165) is 11.0 Å². The van der Waals surface area contributed by atoms with Gasteiger partial charge in [0.1, 0.15) is 6.04 Å². The second-order valence-corrected chi connectivity index (χ2v) is 9.49. The molecule has 1 aliphatic rings. The molecule has 1 saturated heterocycles. The zero-order valence-corrected chi connectivity index (χ0v) is 17.4. The first kappa shape index (κ1) is 21.1. The van der Waals surface area contributed by atoms with Crippen LogP contribution in [-0.4, -0.2) is 64.9 Å². The van der Waals surface area contributed by atoms with E-state index < -0.39 is 15.9 Å². The van der Waals surface area contributed by atoms with E-state index in [1.165, 1.54) is 4.90 Å². The van der Waals surface area contributed by atoms with Gasteiger partial charge in [0.2, 0.25) is 11.8 Å². The standard InChI is InChI=1S/C19H26N4O5S/c1-3-22-15-6-4-5-7-16(15)23(19(22)26)9-8-17(24)20-14(2)18(25)21-10-12-29(27,28)13-11-21/h4-7,14H,3,8-13H2,1-2H3,(H,20,24). The molecule has 9 nitrogen and oxygen atoms in total. The third-order valence-corrected chi connectivity index (χ3v) is 6.82. The molecule has 1 aliphatic heterocycles. The van der Waals surface area contributed by atoms with E-state index in [0.29, 0.717) is 6.54 Å². The molecule has 1 fully saturated rings. The van der Waals surface area contributed by atoms with E-state index in [4.69, 9.17) is 0 Å². The SMILES string of the molecule is CCn1c(=O)n(CCC(=O)NC(C)C(=O)N2CCS(=O)(=O)CC2)c2ccccc21. The van der Waals surface area contributed by atoms with Crippen LogP contribution in [0, 0.1) is 0 Å². The Morgan fingerprint density at radius 1 is 1.10 bits per heavy atom. The molecule has 0 aliphatic carbocycles. The molecule has 158 valence electrons. The largest absolute Gasteiger partial charge is 0.345 e. The highest BCUT2D eigenvalue weighted by Gasteiger charge is 2.28. The van der Waals surface area contributed by atoms with Crippen LogP contribution < -0.4 is 11.0 Å². The van der Waals surface area contributed by atoms with Gasteiger partial charge in [-0.2, -0.15) is 0 Å². The average molecular weight is 423 g/mol. The minimum atomic E-state index is -3.08. The van der Waals surface area contributed by atoms with Crippen LogP contribution >= 0.6 is 0 Å². The number of hydrogen-bond donors (Lipinski definition) is 1. The van der Waals surface area contributed by atoms with Crippen molar-refractivity contribution >= 4 is 32.7 Å². The predicted molar refractivity (Wildman–Crippen MR) is 109 cm³/mol. The minimum Gasteiger partial charge on any atom is -0.345 e. The number of aromatic nitrogens is 2. The van der Waals surface area contributed by atoms with Crippen LogP contribution in [0.5, 0.6) is 0 Å². The van der Waals surface area contributed by atoms with Crippen molar-refractivity contribution in [1.29, 1.82) is 0 Å². The Kier molecular flexibility index (Phi) is 6.11. The van der Waals surface area contributed by atoms with Crippen molar-refractivity contribution in [3.63, 3.8) is 0 Å². The molecule has 1 unspecified atom stereocenters. The summed E-state index contributed by atoms with van der Waals surface area (Å²) in [5.74, 6) is -0.739. The maximum atomic E-state index is 12.6. The van der Waals surface area contributed by atoms with Gasteiger partial charge in [0.05, 0.1) is 22.5 Å². The van der Waals surface area contributed by atoms with Gasteiger partial charge in [0.15, 0.2) is 9.84 Å². The zero-order valence-electron chi connectivity index (χ0n) is 16.6. The molecule has 0 radical (unpaired) electrons. The molecule has 29 heavy (non-hydrogen) atoms. The van der Waals surface area contributed by atoms with E-state index in [1.807, 2.05) is 31.2 Å². The lowest BCUT2D eigenvalue weighted by molar-refractivity contribution is -0.135. The van der Waals surface area contributed by atoms with Crippen molar-refractivity contribution in [1.82, 2.24) is 19.4 Å². The van der Waals surface area contributed by atoms with Crippen LogP contribution in [0.25, 0.3) is 11.0 Å². The lowest BCUT2D eigenvalue weighted by Gasteiger charge is -2.29. The predicted octanol–water partition coefficient (Wildman–Crippen LogP) is -0.0253. The molecule has 3 rings (SSSR count). The van der Waals surface area contributed by atoms with Crippen molar-refractivity contribution in [2.45, 2.75) is 39.4 Å². The van der Waals surface area contributed by atoms with Gasteiger partial charge < -0.3 is 10.2 Å². The van der Waals surface area contributed by atoms with Gasteiger partial charge in [0.25, 0.3) is 0 Å². The maximum Gasteiger partial charge on any atom is 0.329 e. The Hall–Kier alpha value is -2.62. The van der Waals surface area contributed by atoms with Crippen molar-refractivity contribution in [3.05, 3.63) is 34.7 Å². The molecule has 2 aromatic rings. The first-order valence-corrected chi connectivity index (χ1v) is 11.5. The number of carbonyl (C=O) groups excluding carboxylic acids is 2. The molecule has 0 spiro atoms. The summed E-state index contributed by atoms with van der Waals surface area (Å²) >= 11 is 0. The molecule has 2 amide bonds. The molecule has 0 saturated carbocycles. The average Bonchev–Trinajstić information content (AvgIpc) is 2.96. The second-order valence-electron chi connectivity index (χ2n) is 7.18. The summed E-state index contributed by atoms with van der Waals surface area (Å²) in [5.41, 5.74) is 1.43. The number of carbonyl (C=O) groups is 2. The number of rotatable bonds is 6. The zero-order chi connectivity index (χ0) is 21.2. The third kappa shape index (κ3) is 4.52. The highest BCUT2D eigenvalue weighted by Crippen LogP contribution is 2.13. The van der Waals surface area contributed by atoms with Crippen LogP contribution in [0.1, 0.15) is 20.3 Å². The summed E-state index contributed by atoms with van der Waals surface area (Å²) in [6.45, 7) is 4.51. The van der Waals surface area contributed by atoms with E-state index >= 15 is 0 Å². The van der Waals surface area contributed by atoms with Crippen molar-refractivity contribution in [3.8, 4) is 0 Å². The van der Waals surface area contributed by atoms with Gasteiger partial charge >= 0.3 is 5.69 Å². The van der Waals surface area contributed by atoms with Gasteiger partial charge in [-0.1, -0.05) is 12.1 Å². The highest BCUT2D eigenvalue weighted by atomic mass is 32.2. The normalized spacial score (nSPS) is 17.2. The highest BCUT2D eigenvalue weighted by molar-refractivity contribution is 7.91. The van der Waals surface area contributed by atoms with E-state index in [1.54, 1.807) is 16.1 Å². The van der Waals surface area contributed by atoms with E-state index in [9.17, 15) is 22.8 Å². The molecule has 2 heterocycles. The van der Waals surface area contributed by atoms with Crippen LogP contribution in [0.15, 0.2) is 29.1 Å². The monoisotopic (exact) mass is 422 g/mol. The van der Waals surface area contributed by atoms with Crippen LogP contribution in [0.3, 0.4) is 0 Å². The van der Waals surface area contributed by atoms with Crippen molar-refractivity contribution in [2.75, 3.05) is 24.6 Å². The molecule has 1 aromatic heterocycles. The maximum absolute atomic E-state index is 12.6. The summed E-state index contributed by atoms with van der Waals surface area (Å²) in [6.07, 6.45) is 0.0592. The van der Waals surface area contributed by atoms with Gasteiger partial charge in [0, 0.05) is 32.6 Å². The number of imidazole rings is 1. The number of amides is 2. The van der Waals surface area contributed by atoms with Crippen LogP contribution in [0.4, 0.5) is 0 Å². The molecule has 1 N–H and O–H groups in total. The number of fused-ring (bicyclic) bond motifs is 1. The summed E-state index contributed by atoms with van der Waals surface area (Å²) in [5, 5.41) is 2.65. The number of sulfone groups is 1. The Morgan fingerprint density at radius 2 is 1.69 bits per heavy atom. The number of aryl methyl sites for hydroxylation is 2. The Bertz CT molecular complexity index is 1070. The van der Waals surface area contributed by atoms with Crippen LogP contribution in [-0.2, 0) is 32.5 Å². The molecular formula is C19H26N4O5S. The topological polar surface area (TPSA) is 110 Å². The fourth-order valence-corrected chi connectivity index (χ4v) is 4.79. The van der Waals surface area contributed by atoms with Gasteiger partial charge in [-0.3, -0.25) is 18.7 Å². The molecular weight excluding hydrogens is 396 g/mol. The fourth-order valence-electron chi connectivity index (χ4n) is 3.59. The van der Waals surface area contributed by atoms with Gasteiger partial charge in [-0.15, -0.1) is 0 Å². The second kappa shape index (κ2) is 8.40. The van der Waals surface area contributed by atoms with Crippen molar-refractivity contribution in [2.24, 2.45) is 0 Å². The van der Waals surface area contributed by atoms with Crippen LogP contribution in [0.2, 0.25) is 0 Å². The fraction of sp³-hybridized carbons (Fsp3) is 0.526. The molecule has 10 heteroatoms. The number of benzene rings is 1.